The van der Waals surface area contributed by atoms with E-state index in [4.69, 9.17) is 0 Å². The minimum absolute atomic E-state index is 0.0695. The molecule has 1 amide bonds. The van der Waals surface area contributed by atoms with Crippen LogP contribution in [0.4, 0.5) is 0 Å². The van der Waals surface area contributed by atoms with Gasteiger partial charge in [0.05, 0.1) is 6.04 Å². The zero-order valence-corrected chi connectivity index (χ0v) is 13.6. The number of carboxylic acids is 1. The quantitative estimate of drug-likeness (QED) is 0.836. The zero-order valence-electron chi connectivity index (χ0n) is 13.6. The second-order valence-corrected chi connectivity index (χ2v) is 7.56. The minimum Gasteiger partial charge on any atom is -0.480 e. The Bertz CT molecular complexity index is 416. The van der Waals surface area contributed by atoms with Crippen molar-refractivity contribution in [1.29, 1.82) is 0 Å². The maximum Gasteiger partial charge on any atom is 0.320 e. The van der Waals surface area contributed by atoms with E-state index in [9.17, 15) is 14.7 Å². The lowest BCUT2D eigenvalue weighted by atomic mass is 9.84. The Morgan fingerprint density at radius 3 is 2.43 bits per heavy atom. The summed E-state index contributed by atoms with van der Waals surface area (Å²) in [6.07, 6.45) is 5.12. The molecule has 120 valence electrons. The summed E-state index contributed by atoms with van der Waals surface area (Å²) in [6, 6.07) is -0.655. The molecule has 2 aliphatic rings. The summed E-state index contributed by atoms with van der Waals surface area (Å²) in [5.74, 6) is -0.426. The van der Waals surface area contributed by atoms with E-state index in [2.05, 4.69) is 5.32 Å². The molecular formula is C16H28N2O3. The second-order valence-electron chi connectivity index (χ2n) is 7.56. The first-order chi connectivity index (χ1) is 9.70. The highest BCUT2D eigenvalue weighted by molar-refractivity contribution is 5.83. The molecule has 1 saturated heterocycles. The Morgan fingerprint density at radius 1 is 1.24 bits per heavy atom. The highest BCUT2D eigenvalue weighted by atomic mass is 16.4. The number of carbonyl (C=O) groups is 2. The predicted molar refractivity (Wildman–Crippen MR) is 81.0 cm³/mol. The summed E-state index contributed by atoms with van der Waals surface area (Å²) in [4.78, 5) is 26.0. The molecule has 21 heavy (non-hydrogen) atoms. The van der Waals surface area contributed by atoms with Gasteiger partial charge in [-0.25, -0.2) is 0 Å². The van der Waals surface area contributed by atoms with Crippen LogP contribution < -0.4 is 5.32 Å². The molecule has 2 N–H and O–H groups in total. The van der Waals surface area contributed by atoms with Crippen LogP contribution in [0.15, 0.2) is 0 Å². The molecule has 5 heteroatoms. The third-order valence-corrected chi connectivity index (χ3v) is 4.75. The van der Waals surface area contributed by atoms with Crippen LogP contribution in [0.5, 0.6) is 0 Å². The third kappa shape index (κ3) is 3.57. The Balaban J connectivity index is 2.16. The van der Waals surface area contributed by atoms with Gasteiger partial charge in [-0.3, -0.25) is 14.5 Å². The maximum atomic E-state index is 12.4. The lowest BCUT2D eigenvalue weighted by Crippen LogP contribution is -2.56. The molecule has 2 rings (SSSR count). The van der Waals surface area contributed by atoms with Crippen LogP contribution in [0.2, 0.25) is 0 Å². The van der Waals surface area contributed by atoms with E-state index >= 15 is 0 Å². The monoisotopic (exact) mass is 296 g/mol. The zero-order chi connectivity index (χ0) is 15.8. The summed E-state index contributed by atoms with van der Waals surface area (Å²) in [5.41, 5.74) is -0.296. The fourth-order valence-electron chi connectivity index (χ4n) is 3.89. The molecule has 5 nitrogen and oxygen atoms in total. The Labute approximate surface area is 127 Å². The summed E-state index contributed by atoms with van der Waals surface area (Å²) in [6.45, 7) is 7.67. The molecule has 0 bridgehead atoms. The number of carboxylic acid groups (broad SMARTS) is 1. The Kier molecular flexibility index (Phi) is 4.61. The van der Waals surface area contributed by atoms with Crippen LogP contribution in [0.3, 0.4) is 0 Å². The number of amides is 1. The van der Waals surface area contributed by atoms with E-state index in [1.54, 1.807) is 0 Å². The Morgan fingerprint density at radius 2 is 1.86 bits per heavy atom. The van der Waals surface area contributed by atoms with Gasteiger partial charge in [-0.15, -0.1) is 0 Å². The molecule has 1 heterocycles. The molecule has 4 unspecified atom stereocenters. The Hall–Kier alpha value is -1.10. The molecule has 0 aromatic rings. The topological polar surface area (TPSA) is 69.6 Å². The van der Waals surface area contributed by atoms with Gasteiger partial charge >= 0.3 is 5.97 Å². The first-order valence-electron chi connectivity index (χ1n) is 8.03. The van der Waals surface area contributed by atoms with Crippen molar-refractivity contribution in [2.45, 2.75) is 83.5 Å². The fourth-order valence-corrected chi connectivity index (χ4v) is 3.89. The highest BCUT2D eigenvalue weighted by Gasteiger charge is 2.48. The van der Waals surface area contributed by atoms with Gasteiger partial charge in [0.15, 0.2) is 0 Å². The summed E-state index contributed by atoms with van der Waals surface area (Å²) >= 11 is 0. The second kappa shape index (κ2) is 5.95. The van der Waals surface area contributed by atoms with Gasteiger partial charge in [0, 0.05) is 11.6 Å². The van der Waals surface area contributed by atoms with E-state index in [0.29, 0.717) is 12.3 Å². The van der Waals surface area contributed by atoms with Crippen LogP contribution in [0.1, 0.15) is 59.8 Å². The number of rotatable bonds is 3. The van der Waals surface area contributed by atoms with Crippen molar-refractivity contribution in [2.24, 2.45) is 5.92 Å². The van der Waals surface area contributed by atoms with Gasteiger partial charge in [0.25, 0.3) is 0 Å². The molecular weight excluding hydrogens is 268 g/mol. The first kappa shape index (κ1) is 16.3. The van der Waals surface area contributed by atoms with Crippen LogP contribution in [0.25, 0.3) is 0 Å². The fraction of sp³-hybridized carbons (Fsp3) is 0.875. The summed E-state index contributed by atoms with van der Waals surface area (Å²) in [5, 5.41) is 12.5. The molecule has 0 spiro atoms. The van der Waals surface area contributed by atoms with Gasteiger partial charge in [0.1, 0.15) is 6.04 Å². The predicted octanol–water partition coefficient (Wildman–Crippen LogP) is 2.01. The van der Waals surface area contributed by atoms with Gasteiger partial charge in [0.2, 0.25) is 5.91 Å². The molecule has 1 saturated carbocycles. The van der Waals surface area contributed by atoms with Crippen molar-refractivity contribution in [1.82, 2.24) is 10.2 Å². The molecule has 4 atom stereocenters. The lowest BCUT2D eigenvalue weighted by Gasteiger charge is -2.37. The maximum absolute atomic E-state index is 12.4. The van der Waals surface area contributed by atoms with Crippen LogP contribution in [-0.2, 0) is 9.59 Å². The minimum atomic E-state index is -0.792. The molecule has 2 fully saturated rings. The largest absolute Gasteiger partial charge is 0.480 e. The molecule has 0 aromatic carbocycles. The average molecular weight is 296 g/mol. The highest BCUT2D eigenvalue weighted by Crippen LogP contribution is 2.40. The third-order valence-electron chi connectivity index (χ3n) is 4.75. The summed E-state index contributed by atoms with van der Waals surface area (Å²) < 4.78 is 0. The summed E-state index contributed by atoms with van der Waals surface area (Å²) in [7, 11) is 0. The molecule has 1 aliphatic heterocycles. The smallest absolute Gasteiger partial charge is 0.320 e. The number of likely N-dealkylation sites (tertiary alicyclic amines) is 1. The van der Waals surface area contributed by atoms with Gasteiger partial charge < -0.3 is 10.4 Å². The van der Waals surface area contributed by atoms with E-state index in [0.717, 1.165) is 19.3 Å². The lowest BCUT2D eigenvalue weighted by molar-refractivity contribution is -0.145. The van der Waals surface area contributed by atoms with Crippen molar-refractivity contribution < 1.29 is 14.7 Å². The number of fused-ring (bicyclic) bond motifs is 1. The number of carbonyl (C=O) groups excluding carboxylic acids is 1. The number of hydrogen-bond acceptors (Lipinski definition) is 3. The molecule has 0 radical (unpaired) electrons. The number of aliphatic carboxylic acids is 1. The van der Waals surface area contributed by atoms with Crippen molar-refractivity contribution in [3.05, 3.63) is 0 Å². The normalized spacial score (nSPS) is 31.5. The molecule has 1 aliphatic carbocycles. The first-order valence-corrected chi connectivity index (χ1v) is 8.03. The van der Waals surface area contributed by atoms with Crippen molar-refractivity contribution in [3.63, 3.8) is 0 Å². The van der Waals surface area contributed by atoms with Crippen molar-refractivity contribution in [2.75, 3.05) is 0 Å². The number of nitrogens with zero attached hydrogens (tertiary/aromatic N) is 1. The van der Waals surface area contributed by atoms with E-state index in [1.165, 1.54) is 6.42 Å². The van der Waals surface area contributed by atoms with Crippen molar-refractivity contribution in [3.8, 4) is 0 Å². The standard InChI is InChI=1S/C16H28N2O3/c1-10(14(19)17-16(2,3)4)18-12-8-6-5-7-11(12)9-13(18)15(20)21/h10-13H,5-9H2,1-4H3,(H,17,19)(H,20,21). The van der Waals surface area contributed by atoms with Crippen LogP contribution in [-0.4, -0.2) is 45.5 Å². The van der Waals surface area contributed by atoms with Gasteiger partial charge in [-0.1, -0.05) is 12.8 Å². The van der Waals surface area contributed by atoms with E-state index in [-0.39, 0.29) is 17.5 Å². The SMILES string of the molecule is CC(C(=O)NC(C)(C)C)N1C(C(=O)O)CC2CCCCC21. The van der Waals surface area contributed by atoms with Gasteiger partial charge in [-0.2, -0.15) is 0 Å². The average Bonchev–Trinajstić information content (AvgIpc) is 2.75. The number of hydrogen-bond donors (Lipinski definition) is 2. The van der Waals surface area contributed by atoms with E-state index in [1.807, 2.05) is 32.6 Å². The van der Waals surface area contributed by atoms with Crippen LogP contribution in [0, 0.1) is 5.92 Å². The van der Waals surface area contributed by atoms with Crippen LogP contribution >= 0.6 is 0 Å². The van der Waals surface area contributed by atoms with E-state index < -0.39 is 18.1 Å². The number of nitrogens with one attached hydrogen (secondary N) is 1. The van der Waals surface area contributed by atoms with Gasteiger partial charge in [-0.05, 0) is 52.9 Å². The van der Waals surface area contributed by atoms with Crippen molar-refractivity contribution >= 4 is 11.9 Å². The molecule has 0 aromatic heterocycles.